The number of rotatable bonds is 3. The topological polar surface area (TPSA) is 0 Å². The number of hydrogen-bond acceptors (Lipinski definition) is 0. The molecule has 0 bridgehead atoms. The number of aryl methyl sites for hydroxylation is 3. The summed E-state index contributed by atoms with van der Waals surface area (Å²) in [7, 11) is 0. The van der Waals surface area contributed by atoms with Crippen LogP contribution in [0.15, 0.2) is 60.7 Å². The van der Waals surface area contributed by atoms with Crippen molar-refractivity contribution in [1.82, 2.24) is 0 Å². The van der Waals surface area contributed by atoms with Crippen molar-refractivity contribution in [1.29, 1.82) is 0 Å². The Bertz CT molecular complexity index is 937. The highest BCUT2D eigenvalue weighted by atomic mass is 14.3. The van der Waals surface area contributed by atoms with Crippen LogP contribution in [-0.2, 0) is 0 Å². The standard InChI is InChI=1S/C28H32/c1-19-5-9-23(10-6-19)24-13-15-26(16-14-24)28-18-21(3)27(17-22(28)4)25-11-7-20(2)8-12-25/h5-6,9-10,13-18,20,25H,7-8,11-12H2,1-4H3. The lowest BCUT2D eigenvalue weighted by molar-refractivity contribution is 0.347. The SMILES string of the molecule is Cc1ccc(-c2ccc(-c3cc(C)c(C4CCC(C)CC4)cc3C)cc2)cc1. The molecule has 0 nitrogen and oxygen atoms in total. The quantitative estimate of drug-likeness (QED) is 0.436. The van der Waals surface area contributed by atoms with E-state index in [1.54, 1.807) is 5.56 Å². The Morgan fingerprint density at radius 2 is 1.14 bits per heavy atom. The molecule has 0 heterocycles. The molecule has 28 heavy (non-hydrogen) atoms. The maximum Gasteiger partial charge on any atom is -0.0152 e. The monoisotopic (exact) mass is 368 g/mol. The second kappa shape index (κ2) is 7.95. The third-order valence-electron chi connectivity index (χ3n) is 6.65. The van der Waals surface area contributed by atoms with E-state index in [0.29, 0.717) is 0 Å². The Kier molecular flexibility index (Phi) is 5.40. The Labute approximate surface area is 170 Å². The molecule has 0 spiro atoms. The zero-order chi connectivity index (χ0) is 19.7. The molecule has 1 aliphatic carbocycles. The summed E-state index contributed by atoms with van der Waals surface area (Å²) in [6, 6.07) is 22.7. The molecule has 0 amide bonds. The van der Waals surface area contributed by atoms with Crippen molar-refractivity contribution >= 4 is 0 Å². The molecule has 0 radical (unpaired) electrons. The van der Waals surface area contributed by atoms with Crippen LogP contribution < -0.4 is 0 Å². The van der Waals surface area contributed by atoms with Gasteiger partial charge in [0.05, 0.1) is 0 Å². The van der Waals surface area contributed by atoms with Gasteiger partial charge in [-0.15, -0.1) is 0 Å². The molecular weight excluding hydrogens is 336 g/mol. The van der Waals surface area contributed by atoms with Crippen LogP contribution in [0.4, 0.5) is 0 Å². The lowest BCUT2D eigenvalue weighted by Crippen LogP contribution is -2.12. The van der Waals surface area contributed by atoms with Crippen LogP contribution >= 0.6 is 0 Å². The van der Waals surface area contributed by atoms with Crippen LogP contribution in [0, 0.1) is 26.7 Å². The van der Waals surface area contributed by atoms with Gasteiger partial charge in [0.1, 0.15) is 0 Å². The second-order valence-corrected chi connectivity index (χ2v) is 8.92. The summed E-state index contributed by atoms with van der Waals surface area (Å²) in [6.07, 6.45) is 5.47. The third-order valence-corrected chi connectivity index (χ3v) is 6.65. The summed E-state index contributed by atoms with van der Waals surface area (Å²) in [5.74, 6) is 1.66. The van der Waals surface area contributed by atoms with Gasteiger partial charge in [-0.25, -0.2) is 0 Å². The number of hydrogen-bond donors (Lipinski definition) is 0. The Morgan fingerprint density at radius 3 is 1.75 bits per heavy atom. The van der Waals surface area contributed by atoms with E-state index >= 15 is 0 Å². The molecule has 0 saturated heterocycles. The Morgan fingerprint density at radius 1 is 0.607 bits per heavy atom. The van der Waals surface area contributed by atoms with Crippen LogP contribution in [0.3, 0.4) is 0 Å². The van der Waals surface area contributed by atoms with Gasteiger partial charge in [-0.1, -0.05) is 86.0 Å². The van der Waals surface area contributed by atoms with E-state index in [-0.39, 0.29) is 0 Å². The first kappa shape index (κ1) is 19.0. The van der Waals surface area contributed by atoms with Crippen LogP contribution in [-0.4, -0.2) is 0 Å². The average molecular weight is 369 g/mol. The fourth-order valence-electron chi connectivity index (χ4n) is 4.75. The molecule has 4 rings (SSSR count). The molecule has 144 valence electrons. The maximum absolute atomic E-state index is 2.47. The van der Waals surface area contributed by atoms with Gasteiger partial charge in [0.2, 0.25) is 0 Å². The highest BCUT2D eigenvalue weighted by Gasteiger charge is 2.21. The van der Waals surface area contributed by atoms with Crippen LogP contribution in [0.2, 0.25) is 0 Å². The van der Waals surface area contributed by atoms with Crippen molar-refractivity contribution in [3.63, 3.8) is 0 Å². The van der Waals surface area contributed by atoms with Crippen LogP contribution in [0.5, 0.6) is 0 Å². The van der Waals surface area contributed by atoms with Gasteiger partial charge in [-0.2, -0.15) is 0 Å². The normalized spacial score (nSPS) is 19.6. The number of benzene rings is 3. The van der Waals surface area contributed by atoms with Crippen molar-refractivity contribution in [2.75, 3.05) is 0 Å². The molecule has 0 aliphatic heterocycles. The second-order valence-electron chi connectivity index (χ2n) is 8.92. The smallest absolute Gasteiger partial charge is 0.0152 e. The maximum atomic E-state index is 2.47. The zero-order valence-corrected chi connectivity index (χ0v) is 17.8. The highest BCUT2D eigenvalue weighted by Crippen LogP contribution is 2.39. The van der Waals surface area contributed by atoms with Crippen molar-refractivity contribution in [2.24, 2.45) is 5.92 Å². The van der Waals surface area contributed by atoms with E-state index in [1.165, 1.54) is 64.6 Å². The largest absolute Gasteiger partial charge is 0.0625 e. The van der Waals surface area contributed by atoms with Crippen LogP contribution in [0.1, 0.15) is 60.8 Å². The third kappa shape index (κ3) is 3.92. The van der Waals surface area contributed by atoms with Gasteiger partial charge in [-0.05, 0) is 84.4 Å². The fraction of sp³-hybridized carbons (Fsp3) is 0.357. The lowest BCUT2D eigenvalue weighted by Gasteiger charge is -2.28. The molecule has 0 aromatic heterocycles. The van der Waals surface area contributed by atoms with Gasteiger partial charge in [0, 0.05) is 0 Å². The molecule has 0 atom stereocenters. The first-order valence-corrected chi connectivity index (χ1v) is 10.8. The lowest BCUT2D eigenvalue weighted by atomic mass is 9.77. The molecule has 1 aliphatic rings. The van der Waals surface area contributed by atoms with E-state index in [4.69, 9.17) is 0 Å². The predicted molar refractivity (Wildman–Crippen MR) is 122 cm³/mol. The van der Waals surface area contributed by atoms with Gasteiger partial charge in [-0.3, -0.25) is 0 Å². The van der Waals surface area contributed by atoms with E-state index in [1.807, 2.05) is 0 Å². The molecule has 3 aromatic carbocycles. The minimum atomic E-state index is 0.757. The van der Waals surface area contributed by atoms with Gasteiger partial charge >= 0.3 is 0 Å². The summed E-state index contributed by atoms with van der Waals surface area (Å²) >= 11 is 0. The Hall–Kier alpha value is -2.34. The Balaban J connectivity index is 1.60. The van der Waals surface area contributed by atoms with Crippen molar-refractivity contribution in [2.45, 2.75) is 59.3 Å². The first-order chi connectivity index (χ1) is 13.5. The summed E-state index contributed by atoms with van der Waals surface area (Å²) in [5, 5.41) is 0. The summed E-state index contributed by atoms with van der Waals surface area (Å²) < 4.78 is 0. The zero-order valence-electron chi connectivity index (χ0n) is 17.8. The van der Waals surface area contributed by atoms with Crippen LogP contribution in [0.25, 0.3) is 22.3 Å². The molecule has 0 unspecified atom stereocenters. The molecule has 1 saturated carbocycles. The van der Waals surface area contributed by atoms with E-state index in [9.17, 15) is 0 Å². The first-order valence-electron chi connectivity index (χ1n) is 10.8. The molecule has 0 heteroatoms. The molecule has 0 N–H and O–H groups in total. The van der Waals surface area contributed by atoms with Gasteiger partial charge in [0.15, 0.2) is 0 Å². The minimum Gasteiger partial charge on any atom is -0.0625 e. The average Bonchev–Trinajstić information content (AvgIpc) is 2.71. The van der Waals surface area contributed by atoms with Gasteiger partial charge in [0.25, 0.3) is 0 Å². The molecule has 3 aromatic rings. The predicted octanol–water partition coefficient (Wildman–Crippen LogP) is 8.24. The fourth-order valence-corrected chi connectivity index (χ4v) is 4.75. The highest BCUT2D eigenvalue weighted by molar-refractivity contribution is 5.73. The summed E-state index contributed by atoms with van der Waals surface area (Å²) in [5.41, 5.74) is 11.0. The summed E-state index contributed by atoms with van der Waals surface area (Å²) in [4.78, 5) is 0. The van der Waals surface area contributed by atoms with E-state index in [0.717, 1.165) is 11.8 Å². The van der Waals surface area contributed by atoms with Gasteiger partial charge < -0.3 is 0 Å². The molecular formula is C28H32. The summed E-state index contributed by atoms with van der Waals surface area (Å²) in [6.45, 7) is 9.11. The van der Waals surface area contributed by atoms with Crippen molar-refractivity contribution in [3.05, 3.63) is 82.9 Å². The van der Waals surface area contributed by atoms with Crippen molar-refractivity contribution in [3.8, 4) is 22.3 Å². The molecule has 1 fully saturated rings. The minimum absolute atomic E-state index is 0.757. The van der Waals surface area contributed by atoms with E-state index < -0.39 is 0 Å². The van der Waals surface area contributed by atoms with Crippen molar-refractivity contribution < 1.29 is 0 Å². The van der Waals surface area contributed by atoms with E-state index in [2.05, 4.69) is 88.4 Å².